The van der Waals surface area contributed by atoms with Crippen LogP contribution in [0.3, 0.4) is 0 Å². The van der Waals surface area contributed by atoms with Crippen molar-refractivity contribution < 1.29 is 23.0 Å². The highest BCUT2D eigenvalue weighted by Gasteiger charge is 2.30. The topological polar surface area (TPSA) is 38.8 Å². The standard InChI is InChI=1S/C13H15F2NO3/c1-18-13(17)12-8-19-5-4-16(12)7-9-2-3-10(14)11(15)6-9/h2-3,6,12H,4-5,7-8H2,1H3. The lowest BCUT2D eigenvalue weighted by atomic mass is 10.1. The monoisotopic (exact) mass is 271 g/mol. The summed E-state index contributed by atoms with van der Waals surface area (Å²) in [4.78, 5) is 13.4. The summed E-state index contributed by atoms with van der Waals surface area (Å²) in [6.07, 6.45) is 0. The molecule has 0 amide bonds. The Bertz CT molecular complexity index is 467. The van der Waals surface area contributed by atoms with Crippen LogP contribution >= 0.6 is 0 Å². The molecule has 104 valence electrons. The summed E-state index contributed by atoms with van der Waals surface area (Å²) in [5, 5.41) is 0. The molecule has 1 unspecified atom stereocenters. The minimum atomic E-state index is -0.889. The van der Waals surface area contributed by atoms with Gasteiger partial charge in [0.15, 0.2) is 11.6 Å². The number of nitrogens with zero attached hydrogens (tertiary/aromatic N) is 1. The van der Waals surface area contributed by atoms with Gasteiger partial charge in [0.2, 0.25) is 0 Å². The fourth-order valence-corrected chi connectivity index (χ4v) is 2.05. The molecule has 1 saturated heterocycles. The molecule has 1 fully saturated rings. The molecule has 1 aliphatic heterocycles. The Morgan fingerprint density at radius 3 is 2.95 bits per heavy atom. The summed E-state index contributed by atoms with van der Waals surface area (Å²) < 4.78 is 35.9. The van der Waals surface area contributed by atoms with E-state index in [1.54, 1.807) is 0 Å². The van der Waals surface area contributed by atoms with Gasteiger partial charge in [-0.15, -0.1) is 0 Å². The molecular weight excluding hydrogens is 256 g/mol. The number of benzene rings is 1. The number of rotatable bonds is 3. The number of morpholine rings is 1. The fourth-order valence-electron chi connectivity index (χ4n) is 2.05. The first kappa shape index (κ1) is 13.9. The van der Waals surface area contributed by atoms with Crippen molar-refractivity contribution in [3.63, 3.8) is 0 Å². The van der Waals surface area contributed by atoms with Crippen molar-refractivity contribution in [2.45, 2.75) is 12.6 Å². The molecular formula is C13H15F2NO3. The number of hydrogen-bond acceptors (Lipinski definition) is 4. The number of halogens is 2. The number of methoxy groups -OCH3 is 1. The van der Waals surface area contributed by atoms with Gasteiger partial charge in [-0.2, -0.15) is 0 Å². The second-order valence-corrected chi connectivity index (χ2v) is 4.33. The van der Waals surface area contributed by atoms with Gasteiger partial charge in [-0.25, -0.2) is 8.78 Å². The van der Waals surface area contributed by atoms with Crippen molar-refractivity contribution in [2.24, 2.45) is 0 Å². The third-order valence-corrected chi connectivity index (χ3v) is 3.08. The molecule has 0 bridgehead atoms. The van der Waals surface area contributed by atoms with Gasteiger partial charge in [0.1, 0.15) is 6.04 Å². The molecule has 0 aliphatic carbocycles. The Balaban J connectivity index is 2.10. The molecule has 0 N–H and O–H groups in total. The third kappa shape index (κ3) is 3.27. The van der Waals surface area contributed by atoms with E-state index in [4.69, 9.17) is 9.47 Å². The molecule has 0 radical (unpaired) electrons. The van der Waals surface area contributed by atoms with E-state index in [-0.39, 0.29) is 12.6 Å². The maximum atomic E-state index is 13.1. The molecule has 1 aliphatic rings. The van der Waals surface area contributed by atoms with Gasteiger partial charge in [0, 0.05) is 13.1 Å². The van der Waals surface area contributed by atoms with E-state index < -0.39 is 17.7 Å². The van der Waals surface area contributed by atoms with Crippen molar-refractivity contribution in [1.82, 2.24) is 4.90 Å². The number of ether oxygens (including phenoxy) is 2. The highest BCUT2D eigenvalue weighted by molar-refractivity contribution is 5.75. The lowest BCUT2D eigenvalue weighted by Gasteiger charge is -2.33. The summed E-state index contributed by atoms with van der Waals surface area (Å²) in [5.41, 5.74) is 0.606. The molecule has 1 heterocycles. The van der Waals surface area contributed by atoms with Crippen LogP contribution in [0.2, 0.25) is 0 Å². The third-order valence-electron chi connectivity index (χ3n) is 3.08. The van der Waals surface area contributed by atoms with Crippen LogP contribution in [-0.2, 0) is 20.8 Å². The van der Waals surface area contributed by atoms with Gasteiger partial charge < -0.3 is 9.47 Å². The van der Waals surface area contributed by atoms with Crippen molar-refractivity contribution in [3.8, 4) is 0 Å². The second kappa shape index (κ2) is 6.08. The molecule has 1 aromatic rings. The van der Waals surface area contributed by atoms with E-state index in [0.717, 1.165) is 12.1 Å². The number of esters is 1. The molecule has 1 aromatic carbocycles. The molecule has 0 saturated carbocycles. The molecule has 0 aromatic heterocycles. The van der Waals surface area contributed by atoms with Crippen LogP contribution in [-0.4, -0.2) is 43.8 Å². The van der Waals surface area contributed by atoms with Crippen LogP contribution < -0.4 is 0 Å². The van der Waals surface area contributed by atoms with Crippen LogP contribution in [0, 0.1) is 11.6 Å². The van der Waals surface area contributed by atoms with Crippen LogP contribution in [0.25, 0.3) is 0 Å². The second-order valence-electron chi connectivity index (χ2n) is 4.33. The number of carbonyl (C=O) groups excluding carboxylic acids is 1. The van der Waals surface area contributed by atoms with Crippen LogP contribution in [0.15, 0.2) is 18.2 Å². The Morgan fingerprint density at radius 2 is 2.26 bits per heavy atom. The van der Waals surface area contributed by atoms with E-state index in [1.807, 2.05) is 4.90 Å². The van der Waals surface area contributed by atoms with Gasteiger partial charge in [-0.3, -0.25) is 9.69 Å². The molecule has 4 nitrogen and oxygen atoms in total. The van der Waals surface area contributed by atoms with Crippen LogP contribution in [0.1, 0.15) is 5.56 Å². The summed E-state index contributed by atoms with van der Waals surface area (Å²) in [7, 11) is 1.31. The van der Waals surface area contributed by atoms with Crippen molar-refractivity contribution in [2.75, 3.05) is 26.9 Å². The van der Waals surface area contributed by atoms with E-state index in [0.29, 0.717) is 25.3 Å². The smallest absolute Gasteiger partial charge is 0.325 e. The van der Waals surface area contributed by atoms with Gasteiger partial charge in [0.05, 0.1) is 20.3 Å². The van der Waals surface area contributed by atoms with Gasteiger partial charge in [-0.1, -0.05) is 6.07 Å². The predicted molar refractivity (Wildman–Crippen MR) is 63.4 cm³/mol. The van der Waals surface area contributed by atoms with E-state index in [2.05, 4.69) is 0 Å². The first-order valence-corrected chi connectivity index (χ1v) is 5.95. The SMILES string of the molecule is COC(=O)C1COCCN1Cc1ccc(F)c(F)c1. The van der Waals surface area contributed by atoms with Crippen LogP contribution in [0.4, 0.5) is 8.78 Å². The molecule has 6 heteroatoms. The van der Waals surface area contributed by atoms with Gasteiger partial charge in [-0.05, 0) is 17.7 Å². The maximum absolute atomic E-state index is 13.1. The highest BCUT2D eigenvalue weighted by Crippen LogP contribution is 2.15. The minimum Gasteiger partial charge on any atom is -0.468 e. The fraction of sp³-hybridized carbons (Fsp3) is 0.462. The highest BCUT2D eigenvalue weighted by atomic mass is 19.2. The summed E-state index contributed by atoms with van der Waals surface area (Å²) in [5.74, 6) is -2.15. The van der Waals surface area contributed by atoms with Crippen molar-refractivity contribution in [3.05, 3.63) is 35.4 Å². The quantitative estimate of drug-likeness (QED) is 0.778. The zero-order chi connectivity index (χ0) is 13.8. The minimum absolute atomic E-state index is 0.246. The first-order valence-electron chi connectivity index (χ1n) is 5.95. The lowest BCUT2D eigenvalue weighted by Crippen LogP contribution is -2.49. The predicted octanol–water partition coefficient (Wildman–Crippen LogP) is 1.34. The normalized spacial score (nSPS) is 20.3. The van der Waals surface area contributed by atoms with E-state index in [9.17, 15) is 13.6 Å². The Morgan fingerprint density at radius 1 is 1.47 bits per heavy atom. The first-order chi connectivity index (χ1) is 9.11. The van der Waals surface area contributed by atoms with Gasteiger partial charge in [0.25, 0.3) is 0 Å². The van der Waals surface area contributed by atoms with Crippen LogP contribution in [0.5, 0.6) is 0 Å². The Kier molecular flexibility index (Phi) is 4.44. The summed E-state index contributed by atoms with van der Waals surface area (Å²) in [6.45, 7) is 1.63. The van der Waals surface area contributed by atoms with E-state index in [1.165, 1.54) is 13.2 Å². The molecule has 19 heavy (non-hydrogen) atoms. The van der Waals surface area contributed by atoms with Gasteiger partial charge >= 0.3 is 5.97 Å². The average molecular weight is 271 g/mol. The maximum Gasteiger partial charge on any atom is 0.325 e. The molecule has 0 spiro atoms. The summed E-state index contributed by atoms with van der Waals surface area (Å²) >= 11 is 0. The number of hydrogen-bond donors (Lipinski definition) is 0. The largest absolute Gasteiger partial charge is 0.468 e. The average Bonchev–Trinajstić information content (AvgIpc) is 2.43. The molecule has 1 atom stereocenters. The lowest BCUT2D eigenvalue weighted by molar-refractivity contribution is -0.153. The van der Waals surface area contributed by atoms with Crippen molar-refractivity contribution in [1.29, 1.82) is 0 Å². The van der Waals surface area contributed by atoms with Crippen molar-refractivity contribution >= 4 is 5.97 Å². The Hall–Kier alpha value is -1.53. The van der Waals surface area contributed by atoms with E-state index >= 15 is 0 Å². The molecule has 2 rings (SSSR count). The zero-order valence-electron chi connectivity index (χ0n) is 10.6. The number of carbonyl (C=O) groups is 1. The summed E-state index contributed by atoms with van der Waals surface area (Å²) in [6, 6.07) is 3.21. The Labute approximate surface area is 109 Å². The zero-order valence-corrected chi connectivity index (χ0v) is 10.6.